The van der Waals surface area contributed by atoms with E-state index >= 15 is 0 Å². The van der Waals surface area contributed by atoms with Crippen LogP contribution in [0, 0.1) is 18.1 Å². The van der Waals surface area contributed by atoms with E-state index in [0.717, 1.165) is 0 Å². The summed E-state index contributed by atoms with van der Waals surface area (Å²) < 4.78 is 1.51. The minimum atomic E-state index is -0.0755. The van der Waals surface area contributed by atoms with Gasteiger partial charge >= 0.3 is 41.3 Å². The van der Waals surface area contributed by atoms with Crippen LogP contribution in [-0.4, -0.2) is 14.6 Å². The second kappa shape index (κ2) is 13.1. The second-order valence-electron chi connectivity index (χ2n) is 8.40. The van der Waals surface area contributed by atoms with E-state index in [4.69, 9.17) is 0 Å². The van der Waals surface area contributed by atoms with Crippen LogP contribution in [0.1, 0.15) is 48.5 Å². The second-order valence-corrected chi connectivity index (χ2v) is 14.9. The Kier molecular flexibility index (Phi) is 13.2. The Balaban J connectivity index is 0.000000465. The molecule has 0 bridgehead atoms. The summed E-state index contributed by atoms with van der Waals surface area (Å²) in [4.78, 5) is 1.33. The summed E-state index contributed by atoms with van der Waals surface area (Å²) in [5, 5.41) is 3.62. The molecule has 2 unspecified atom stereocenters. The van der Waals surface area contributed by atoms with Gasteiger partial charge in [-0.05, 0) is 18.3 Å². The molecule has 3 aliphatic carbocycles. The average molecular weight is 557 g/mol. The number of rotatable bonds is 1. The minimum Gasteiger partial charge on any atom is -1.00 e. The molecule has 2 atom stereocenters. The fourth-order valence-electron chi connectivity index (χ4n) is 3.59. The van der Waals surface area contributed by atoms with E-state index in [-0.39, 0.29) is 32.7 Å². The summed E-state index contributed by atoms with van der Waals surface area (Å²) in [6.07, 6.45) is 21.9. The molecule has 0 aromatic rings. The fraction of sp³-hybridized carbons (Fsp3) is 0.400. The van der Waals surface area contributed by atoms with Crippen LogP contribution in [0.3, 0.4) is 0 Å². The molecule has 0 fully saturated rings. The van der Waals surface area contributed by atoms with Gasteiger partial charge in [0.05, 0.1) is 0 Å². The standard InChI is InChI=1S/C13H18P.C9H7S.C3H6.2ClH.Zr/c1-9-6-11-8-10(2)14(12(11)7-9)13(3,4)5;1-10-9-6-5-7-3-2-4-8(7)9;1-3-2;;;/h7-8,11H,1-5H3;2-3,5-6H,1H3;1-2H3;2*1H;/q2*-1;;;;+2/p-2. The van der Waals surface area contributed by atoms with Gasteiger partial charge in [-0.1, -0.05) is 63.9 Å². The first-order chi connectivity index (χ1) is 13.0. The van der Waals surface area contributed by atoms with Gasteiger partial charge in [-0.25, -0.2) is 11.6 Å². The van der Waals surface area contributed by atoms with Crippen LogP contribution in [0.2, 0.25) is 0 Å². The van der Waals surface area contributed by atoms with Gasteiger partial charge in [0.25, 0.3) is 0 Å². The van der Waals surface area contributed by atoms with E-state index in [9.17, 15) is 0 Å². The molecule has 0 spiro atoms. The van der Waals surface area contributed by atoms with Crippen LogP contribution in [0.15, 0.2) is 68.7 Å². The summed E-state index contributed by atoms with van der Waals surface area (Å²) in [5.41, 5.74) is 3.90. The maximum absolute atomic E-state index is 3.51. The van der Waals surface area contributed by atoms with Crippen LogP contribution < -0.4 is 24.8 Å². The summed E-state index contributed by atoms with van der Waals surface area (Å²) >= 11 is 3.33. The van der Waals surface area contributed by atoms with E-state index < -0.39 is 0 Å². The number of hydrogen-bond donors (Lipinski definition) is 0. The van der Waals surface area contributed by atoms with Crippen molar-refractivity contribution >= 4 is 22.9 Å². The van der Waals surface area contributed by atoms with Crippen LogP contribution in [-0.2, 0) is 24.2 Å². The summed E-state index contributed by atoms with van der Waals surface area (Å²) in [6, 6.07) is 0. The zero-order valence-corrected chi connectivity index (χ0v) is 24.8. The smallest absolute Gasteiger partial charge is 1.00 e. The summed E-state index contributed by atoms with van der Waals surface area (Å²) in [5.74, 6) is 0.514. The molecule has 0 amide bonds. The molecule has 30 heavy (non-hydrogen) atoms. The number of halogens is 2. The first-order valence-corrected chi connectivity index (χ1v) is 13.4. The van der Waals surface area contributed by atoms with Crippen molar-refractivity contribution in [1.82, 2.24) is 0 Å². The summed E-state index contributed by atoms with van der Waals surface area (Å²) in [7, 11) is -0.0755. The molecule has 0 radical (unpaired) electrons. The quantitative estimate of drug-likeness (QED) is 0.350. The van der Waals surface area contributed by atoms with Crippen LogP contribution in [0.5, 0.6) is 0 Å². The Bertz CT molecular complexity index is 860. The van der Waals surface area contributed by atoms with Gasteiger partial charge in [0.15, 0.2) is 0 Å². The maximum atomic E-state index is 3.51. The van der Waals surface area contributed by atoms with Gasteiger partial charge < -0.3 is 24.8 Å². The molecule has 0 aromatic heterocycles. The van der Waals surface area contributed by atoms with Crippen molar-refractivity contribution in [3.63, 3.8) is 0 Å². The number of thioether (sulfide) groups is 1. The molecule has 0 aromatic carbocycles. The number of allylic oxidation sites excluding steroid dienone is 13. The van der Waals surface area contributed by atoms with Crippen LogP contribution in [0.25, 0.3) is 0 Å². The number of hydrogen-bond acceptors (Lipinski definition) is 1. The van der Waals surface area contributed by atoms with E-state index in [2.05, 4.69) is 97.3 Å². The monoisotopic (exact) mass is 554 g/mol. The van der Waals surface area contributed by atoms with Crippen molar-refractivity contribution in [2.45, 2.75) is 53.6 Å². The molecule has 1 aliphatic heterocycles. The fourth-order valence-corrected chi connectivity index (χ4v) is 7.45. The maximum Gasteiger partial charge on any atom is -1.00 e. The normalized spacial score (nSPS) is 22.2. The predicted molar refractivity (Wildman–Crippen MR) is 126 cm³/mol. The molecule has 1 heterocycles. The van der Waals surface area contributed by atoms with Crippen molar-refractivity contribution in [2.24, 2.45) is 5.92 Å². The van der Waals surface area contributed by atoms with Crippen molar-refractivity contribution in [3.8, 4) is 0 Å². The molecule has 5 heteroatoms. The SMILES string of the molecule is CC1=[C-]C2C=C(C)P(C(C)(C)C)C2=C1.CSC1=CC=C2C=C[C-]=C21.C[C](C)=[Zr+2].[Cl-].[Cl-]. The van der Waals surface area contributed by atoms with Gasteiger partial charge in [-0.3, -0.25) is 6.08 Å². The third-order valence-corrected chi connectivity index (χ3v) is 8.32. The Morgan fingerprint density at radius 3 is 2.27 bits per heavy atom. The zero-order chi connectivity index (χ0) is 21.1. The van der Waals surface area contributed by atoms with Crippen LogP contribution in [0.4, 0.5) is 0 Å². The molecule has 0 N–H and O–H groups in total. The van der Waals surface area contributed by atoms with Gasteiger partial charge in [-0.2, -0.15) is 23.9 Å². The largest absolute Gasteiger partial charge is 1.00 e. The van der Waals surface area contributed by atoms with E-state index in [1.165, 1.54) is 24.8 Å². The van der Waals surface area contributed by atoms with Crippen molar-refractivity contribution in [2.75, 3.05) is 6.26 Å². The van der Waals surface area contributed by atoms with Crippen LogP contribution >= 0.6 is 19.7 Å². The minimum absolute atomic E-state index is 0. The molecule has 0 nitrogen and oxygen atoms in total. The third-order valence-electron chi connectivity index (χ3n) is 4.42. The molecule has 0 saturated heterocycles. The molecule has 162 valence electrons. The number of fused-ring (bicyclic) bond motifs is 2. The van der Waals surface area contributed by atoms with E-state index in [0.29, 0.717) is 11.1 Å². The van der Waals surface area contributed by atoms with Crippen molar-refractivity contribution in [1.29, 1.82) is 0 Å². The van der Waals surface area contributed by atoms with Crippen molar-refractivity contribution < 1.29 is 49.0 Å². The van der Waals surface area contributed by atoms with E-state index in [1.54, 1.807) is 46.6 Å². The van der Waals surface area contributed by atoms with Gasteiger partial charge in [-0.15, -0.1) is 28.6 Å². The predicted octanol–water partition coefficient (Wildman–Crippen LogP) is 1.67. The molecular weight excluding hydrogens is 525 g/mol. The zero-order valence-electron chi connectivity index (χ0n) is 19.2. The third kappa shape index (κ3) is 8.01. The average Bonchev–Trinajstić information content (AvgIpc) is 3.25. The van der Waals surface area contributed by atoms with Gasteiger partial charge in [0.2, 0.25) is 0 Å². The first-order valence-electron chi connectivity index (χ1n) is 9.63. The Hall–Kier alpha value is 0.293. The Morgan fingerprint density at radius 1 is 1.13 bits per heavy atom. The topological polar surface area (TPSA) is 0 Å². The Morgan fingerprint density at radius 2 is 1.73 bits per heavy atom. The molecule has 4 rings (SSSR count). The molecule has 4 aliphatic rings. The molecular formula is C25H31Cl2PSZr-2. The first kappa shape index (κ1) is 30.3. The van der Waals surface area contributed by atoms with Gasteiger partial charge in [0, 0.05) is 0 Å². The Labute approximate surface area is 217 Å². The molecule has 0 saturated carbocycles. The van der Waals surface area contributed by atoms with E-state index in [1.807, 2.05) is 6.08 Å². The van der Waals surface area contributed by atoms with Crippen molar-refractivity contribution in [3.05, 3.63) is 80.9 Å². The summed E-state index contributed by atoms with van der Waals surface area (Å²) in [6.45, 7) is 15.8. The van der Waals surface area contributed by atoms with Gasteiger partial charge in [0.1, 0.15) is 0 Å².